The molecule has 1 fully saturated rings. The van der Waals surface area contributed by atoms with Crippen molar-refractivity contribution in [3.63, 3.8) is 0 Å². The number of nitro groups is 1. The summed E-state index contributed by atoms with van der Waals surface area (Å²) in [6, 6.07) is 11.4. The van der Waals surface area contributed by atoms with Crippen molar-refractivity contribution in [2.45, 2.75) is 77.7 Å². The number of nitrogens with zero attached hydrogens (tertiary/aromatic N) is 2. The molecule has 37 heavy (non-hydrogen) atoms. The van der Waals surface area contributed by atoms with Gasteiger partial charge in [0, 0.05) is 18.4 Å². The summed E-state index contributed by atoms with van der Waals surface area (Å²) >= 11 is 1.62. The number of halogens is 1. The van der Waals surface area contributed by atoms with Gasteiger partial charge in [0.15, 0.2) is 0 Å². The Bertz CT molecular complexity index is 1130. The monoisotopic (exact) mass is 532 g/mol. The molecular formula is C28H37FN2O5S. The summed E-state index contributed by atoms with van der Waals surface area (Å²) in [6.45, 7) is 12.1. The van der Waals surface area contributed by atoms with Crippen molar-refractivity contribution in [1.82, 2.24) is 4.90 Å². The minimum atomic E-state index is -0.897. The van der Waals surface area contributed by atoms with Crippen molar-refractivity contribution in [3.05, 3.63) is 75.1 Å². The maximum Gasteiger partial charge on any atom is 0.410 e. The zero-order valence-corrected chi connectivity index (χ0v) is 23.2. The Hall–Kier alpha value is -2.65. The minimum absolute atomic E-state index is 0.0575. The van der Waals surface area contributed by atoms with Gasteiger partial charge >= 0.3 is 11.8 Å². The molecule has 1 amide bonds. The Morgan fingerprint density at radius 3 is 2.43 bits per heavy atom. The topological polar surface area (TPSA) is 92.9 Å². The van der Waals surface area contributed by atoms with E-state index in [1.807, 2.05) is 12.1 Å². The Labute approximate surface area is 222 Å². The van der Waals surface area contributed by atoms with Gasteiger partial charge in [0.2, 0.25) is 5.82 Å². The van der Waals surface area contributed by atoms with Crippen LogP contribution in [0.25, 0.3) is 0 Å². The molecule has 1 heterocycles. The van der Waals surface area contributed by atoms with Crippen LogP contribution in [0.5, 0.6) is 0 Å². The highest BCUT2D eigenvalue weighted by Crippen LogP contribution is 2.33. The molecule has 202 valence electrons. The molecule has 1 aliphatic heterocycles. The van der Waals surface area contributed by atoms with Crippen LogP contribution < -0.4 is 0 Å². The number of carbonyl (C=O) groups is 1. The smallest absolute Gasteiger partial charge is 0.410 e. The van der Waals surface area contributed by atoms with Crippen LogP contribution in [0.15, 0.2) is 42.5 Å². The van der Waals surface area contributed by atoms with Crippen LogP contribution in [0.4, 0.5) is 14.9 Å². The van der Waals surface area contributed by atoms with E-state index in [0.29, 0.717) is 23.5 Å². The minimum Gasteiger partial charge on any atom is -0.444 e. The molecule has 9 heteroatoms. The van der Waals surface area contributed by atoms with Crippen molar-refractivity contribution in [3.8, 4) is 0 Å². The number of thioether (sulfide) groups is 1. The van der Waals surface area contributed by atoms with E-state index in [9.17, 15) is 24.4 Å². The summed E-state index contributed by atoms with van der Waals surface area (Å²) in [4.78, 5) is 25.2. The number of hydrogen-bond donors (Lipinski definition) is 1. The summed E-state index contributed by atoms with van der Waals surface area (Å²) in [6.07, 6.45) is -1.04. The molecule has 0 aromatic heterocycles. The largest absolute Gasteiger partial charge is 0.444 e. The highest BCUT2D eigenvalue weighted by Gasteiger charge is 2.39. The molecule has 0 bridgehead atoms. The average molecular weight is 533 g/mol. The number of amides is 1. The molecular weight excluding hydrogens is 495 g/mol. The summed E-state index contributed by atoms with van der Waals surface area (Å²) in [7, 11) is 0. The van der Waals surface area contributed by atoms with Crippen molar-refractivity contribution in [1.29, 1.82) is 0 Å². The molecule has 1 N–H and O–H groups in total. The van der Waals surface area contributed by atoms with Gasteiger partial charge in [-0.2, -0.15) is 16.2 Å². The molecule has 1 aliphatic rings. The first-order valence-electron chi connectivity index (χ1n) is 12.4. The number of rotatable bonds is 6. The lowest BCUT2D eigenvalue weighted by molar-refractivity contribution is -0.387. The normalized spacial score (nSPS) is 20.4. The molecule has 2 aromatic rings. The Morgan fingerprint density at radius 1 is 1.14 bits per heavy atom. The molecule has 0 radical (unpaired) electrons. The van der Waals surface area contributed by atoms with Gasteiger partial charge in [-0.1, -0.05) is 51.1 Å². The molecule has 2 aromatic carbocycles. The lowest BCUT2D eigenvalue weighted by Gasteiger charge is -2.41. The number of hydrogen-bond acceptors (Lipinski definition) is 6. The number of aliphatic hydroxyl groups excluding tert-OH is 1. The fraction of sp³-hybridized carbons (Fsp3) is 0.536. The van der Waals surface area contributed by atoms with E-state index < -0.39 is 40.3 Å². The number of carbonyl (C=O) groups excluding carboxylic acids is 1. The van der Waals surface area contributed by atoms with E-state index in [2.05, 4.69) is 32.9 Å². The summed E-state index contributed by atoms with van der Waals surface area (Å²) in [5, 5.41) is 22.4. The van der Waals surface area contributed by atoms with Gasteiger partial charge in [0.1, 0.15) is 5.60 Å². The van der Waals surface area contributed by atoms with E-state index in [4.69, 9.17) is 4.74 Å². The Kier molecular flexibility index (Phi) is 8.90. The molecule has 1 saturated heterocycles. The second-order valence-electron chi connectivity index (χ2n) is 11.7. The third-order valence-corrected chi connectivity index (χ3v) is 7.62. The first kappa shape index (κ1) is 28.9. The van der Waals surface area contributed by atoms with Crippen molar-refractivity contribution < 1.29 is 24.0 Å². The molecule has 0 saturated carbocycles. The zero-order valence-electron chi connectivity index (χ0n) is 22.4. The van der Waals surface area contributed by atoms with E-state index in [1.165, 1.54) is 6.07 Å². The number of benzene rings is 2. The molecule has 0 unspecified atom stereocenters. The van der Waals surface area contributed by atoms with Crippen LogP contribution in [0.2, 0.25) is 0 Å². The SMILES string of the molecule is CC(C)(C)OC(=O)N(Cc1cccc(C(C)(C)C)c1)[C@H]1CSC[C@@H](Cc2ccc([N+](=O)[O-])c(F)c2)[C@H]1O. The maximum atomic E-state index is 14.2. The fourth-order valence-corrected chi connectivity index (χ4v) is 5.78. The average Bonchev–Trinajstić information content (AvgIpc) is 2.77. The first-order valence-corrected chi connectivity index (χ1v) is 13.6. The molecule has 0 spiro atoms. The number of ether oxygens (including phenoxy) is 1. The zero-order chi connectivity index (χ0) is 27.5. The molecule has 0 aliphatic carbocycles. The predicted octanol–water partition coefficient (Wildman–Crippen LogP) is 6.10. The van der Waals surface area contributed by atoms with Gasteiger partial charge in [-0.15, -0.1) is 0 Å². The van der Waals surface area contributed by atoms with Crippen LogP contribution in [0, 0.1) is 21.8 Å². The van der Waals surface area contributed by atoms with E-state index >= 15 is 0 Å². The lowest BCUT2D eigenvalue weighted by Crippen LogP contribution is -2.54. The highest BCUT2D eigenvalue weighted by molar-refractivity contribution is 7.99. The van der Waals surface area contributed by atoms with Gasteiger partial charge in [-0.05, 0) is 67.0 Å². The molecule has 7 nitrogen and oxygen atoms in total. The Morgan fingerprint density at radius 2 is 1.84 bits per heavy atom. The molecule has 3 rings (SSSR count). The van der Waals surface area contributed by atoms with Gasteiger partial charge in [-0.3, -0.25) is 15.0 Å². The van der Waals surface area contributed by atoms with Crippen LogP contribution in [0.3, 0.4) is 0 Å². The second-order valence-corrected chi connectivity index (χ2v) is 12.7. The second kappa shape index (κ2) is 11.4. The highest BCUT2D eigenvalue weighted by atomic mass is 32.2. The maximum absolute atomic E-state index is 14.2. The summed E-state index contributed by atoms with van der Waals surface area (Å²) in [5.74, 6) is -0.0100. The number of aliphatic hydroxyl groups is 1. The predicted molar refractivity (Wildman–Crippen MR) is 144 cm³/mol. The van der Waals surface area contributed by atoms with Crippen LogP contribution in [-0.4, -0.2) is 50.3 Å². The standard InChI is InChI=1S/C28H37FN2O5S/c1-27(2,3)21-9-7-8-19(13-21)15-30(26(33)36-28(4,5)6)24-17-37-16-20(25(24)32)12-18-10-11-23(31(34)35)22(29)14-18/h7-11,13-14,20,24-25,32H,12,15-17H2,1-6H3/t20-,24+,25-/m1/s1. The van der Waals surface area contributed by atoms with Gasteiger partial charge < -0.3 is 9.84 Å². The van der Waals surface area contributed by atoms with Crippen LogP contribution >= 0.6 is 11.8 Å². The quantitative estimate of drug-likeness (QED) is 0.357. The summed E-state index contributed by atoms with van der Waals surface area (Å²) < 4.78 is 19.9. The van der Waals surface area contributed by atoms with Crippen LogP contribution in [0.1, 0.15) is 58.2 Å². The fourth-order valence-electron chi connectivity index (χ4n) is 4.40. The van der Waals surface area contributed by atoms with E-state index in [0.717, 1.165) is 23.3 Å². The van der Waals surface area contributed by atoms with Crippen molar-refractivity contribution in [2.24, 2.45) is 5.92 Å². The van der Waals surface area contributed by atoms with Crippen LogP contribution in [-0.2, 0) is 23.1 Å². The van der Waals surface area contributed by atoms with E-state index in [-0.39, 0.29) is 17.9 Å². The lowest BCUT2D eigenvalue weighted by atomic mass is 9.86. The van der Waals surface area contributed by atoms with Gasteiger partial charge in [0.05, 0.1) is 17.1 Å². The van der Waals surface area contributed by atoms with Gasteiger partial charge in [0.25, 0.3) is 0 Å². The third kappa shape index (κ3) is 7.68. The first-order chi connectivity index (χ1) is 17.2. The third-order valence-electron chi connectivity index (χ3n) is 6.38. The van der Waals surface area contributed by atoms with Crippen molar-refractivity contribution in [2.75, 3.05) is 11.5 Å². The summed E-state index contributed by atoms with van der Waals surface area (Å²) in [5.41, 5.74) is 1.31. The van der Waals surface area contributed by atoms with Crippen molar-refractivity contribution >= 4 is 23.5 Å². The Balaban J connectivity index is 1.87. The van der Waals surface area contributed by atoms with Gasteiger partial charge in [-0.25, -0.2) is 4.79 Å². The van der Waals surface area contributed by atoms with E-state index in [1.54, 1.807) is 37.4 Å². The molecule has 3 atom stereocenters. The number of nitro benzene ring substituents is 1.